The fraction of sp³-hybridized carbons (Fsp3) is 0.588. The Hall–Kier alpha value is -1.68. The summed E-state index contributed by atoms with van der Waals surface area (Å²) in [4.78, 5) is 11.9. The summed E-state index contributed by atoms with van der Waals surface area (Å²) in [5, 5.41) is 5.49. The highest BCUT2D eigenvalue weighted by Gasteiger charge is 2.32. The minimum atomic E-state index is -3.55. The average Bonchev–Trinajstić information content (AvgIpc) is 2.64. The van der Waals surface area contributed by atoms with Crippen LogP contribution in [0.1, 0.15) is 18.4 Å². The number of rotatable bonds is 8. The lowest BCUT2D eigenvalue weighted by Gasteiger charge is -2.34. The molecule has 0 atom stereocenters. The van der Waals surface area contributed by atoms with Crippen molar-refractivity contribution < 1.29 is 17.9 Å². The predicted molar refractivity (Wildman–Crippen MR) is 99.8 cm³/mol. The maximum atomic E-state index is 12.6. The van der Waals surface area contributed by atoms with E-state index >= 15 is 0 Å². The van der Waals surface area contributed by atoms with E-state index in [0.717, 1.165) is 5.56 Å². The zero-order chi connectivity index (χ0) is 19.0. The van der Waals surface area contributed by atoms with Crippen LogP contribution in [-0.4, -0.2) is 69.5 Å². The second kappa shape index (κ2) is 9.86. The van der Waals surface area contributed by atoms with Crippen molar-refractivity contribution in [3.8, 4) is 0 Å². The van der Waals surface area contributed by atoms with Gasteiger partial charge in [0.15, 0.2) is 0 Å². The highest BCUT2D eigenvalue weighted by Crippen LogP contribution is 2.18. The highest BCUT2D eigenvalue weighted by atomic mass is 32.2. The minimum absolute atomic E-state index is 0.106. The molecule has 146 valence electrons. The van der Waals surface area contributed by atoms with Crippen LogP contribution >= 0.6 is 0 Å². The number of hydrogen-bond donors (Lipinski definition) is 2. The van der Waals surface area contributed by atoms with Gasteiger partial charge in [-0.25, -0.2) is 4.79 Å². The molecule has 1 aliphatic rings. The second-order valence-corrected chi connectivity index (χ2v) is 8.43. The SMILES string of the molecule is CN(C)S(=O)(=O)N(CCNC(=O)NCc1ccccc1)C1CCOCC1. The van der Waals surface area contributed by atoms with Gasteiger partial charge in [0.2, 0.25) is 0 Å². The third-order valence-corrected chi connectivity index (χ3v) is 6.27. The van der Waals surface area contributed by atoms with Gasteiger partial charge in [-0.05, 0) is 18.4 Å². The molecule has 26 heavy (non-hydrogen) atoms. The number of nitrogens with zero attached hydrogens (tertiary/aromatic N) is 2. The summed E-state index contributed by atoms with van der Waals surface area (Å²) in [6.45, 7) is 1.99. The van der Waals surface area contributed by atoms with E-state index in [1.807, 2.05) is 30.3 Å². The molecule has 2 rings (SSSR count). The topological polar surface area (TPSA) is 91.0 Å². The number of urea groups is 1. The Kier molecular flexibility index (Phi) is 7.83. The smallest absolute Gasteiger partial charge is 0.315 e. The van der Waals surface area contributed by atoms with Crippen LogP contribution in [0.5, 0.6) is 0 Å². The third kappa shape index (κ3) is 5.94. The van der Waals surface area contributed by atoms with Gasteiger partial charge in [-0.3, -0.25) is 0 Å². The Morgan fingerprint density at radius 3 is 2.42 bits per heavy atom. The zero-order valence-electron chi connectivity index (χ0n) is 15.3. The minimum Gasteiger partial charge on any atom is -0.381 e. The number of carbonyl (C=O) groups is 1. The summed E-state index contributed by atoms with van der Waals surface area (Å²) < 4.78 is 33.2. The lowest BCUT2D eigenvalue weighted by atomic mass is 10.1. The van der Waals surface area contributed by atoms with Crippen molar-refractivity contribution >= 4 is 16.2 Å². The Bertz CT molecular complexity index is 661. The molecule has 0 spiro atoms. The molecule has 1 aliphatic heterocycles. The Balaban J connectivity index is 1.85. The Morgan fingerprint density at radius 2 is 1.81 bits per heavy atom. The molecule has 2 N–H and O–H groups in total. The fourth-order valence-electron chi connectivity index (χ4n) is 2.79. The summed E-state index contributed by atoms with van der Waals surface area (Å²) in [5.74, 6) is 0. The first-order chi connectivity index (χ1) is 12.4. The van der Waals surface area contributed by atoms with E-state index in [2.05, 4.69) is 10.6 Å². The van der Waals surface area contributed by atoms with Gasteiger partial charge in [0.1, 0.15) is 0 Å². The molecule has 8 nitrogen and oxygen atoms in total. The average molecular weight is 385 g/mol. The summed E-state index contributed by atoms with van der Waals surface area (Å²) in [7, 11) is -0.521. The Morgan fingerprint density at radius 1 is 1.15 bits per heavy atom. The van der Waals surface area contributed by atoms with Crippen molar-refractivity contribution in [2.75, 3.05) is 40.4 Å². The molecule has 0 saturated carbocycles. The number of amides is 2. The van der Waals surface area contributed by atoms with Crippen LogP contribution in [0.4, 0.5) is 4.79 Å². The van der Waals surface area contributed by atoms with Crippen LogP contribution in [0.25, 0.3) is 0 Å². The van der Waals surface area contributed by atoms with Crippen molar-refractivity contribution in [3.05, 3.63) is 35.9 Å². The lowest BCUT2D eigenvalue weighted by Crippen LogP contribution is -2.51. The predicted octanol–water partition coefficient (Wildman–Crippen LogP) is 0.773. The summed E-state index contributed by atoms with van der Waals surface area (Å²) in [6.07, 6.45) is 1.32. The van der Waals surface area contributed by atoms with Crippen molar-refractivity contribution in [2.45, 2.75) is 25.4 Å². The molecule has 1 aromatic carbocycles. The van der Waals surface area contributed by atoms with Crippen molar-refractivity contribution in [2.24, 2.45) is 0 Å². The van der Waals surface area contributed by atoms with Crippen LogP contribution in [0.2, 0.25) is 0 Å². The molecule has 1 aromatic rings. The van der Waals surface area contributed by atoms with Crippen molar-refractivity contribution in [3.63, 3.8) is 0 Å². The molecule has 1 fully saturated rings. The van der Waals surface area contributed by atoms with Crippen LogP contribution in [-0.2, 0) is 21.5 Å². The summed E-state index contributed by atoms with van der Waals surface area (Å²) in [5.41, 5.74) is 1.00. The van der Waals surface area contributed by atoms with E-state index in [0.29, 0.717) is 32.6 Å². The zero-order valence-corrected chi connectivity index (χ0v) is 16.2. The lowest BCUT2D eigenvalue weighted by molar-refractivity contribution is 0.0575. The van der Waals surface area contributed by atoms with Gasteiger partial charge in [-0.1, -0.05) is 30.3 Å². The maximum Gasteiger partial charge on any atom is 0.315 e. The first kappa shape index (κ1) is 20.6. The van der Waals surface area contributed by atoms with Crippen molar-refractivity contribution in [1.82, 2.24) is 19.2 Å². The van der Waals surface area contributed by atoms with Crippen LogP contribution < -0.4 is 10.6 Å². The second-order valence-electron chi connectivity index (χ2n) is 6.34. The van der Waals surface area contributed by atoms with Crippen LogP contribution in [0.3, 0.4) is 0 Å². The molecule has 0 aliphatic carbocycles. The number of hydrogen-bond acceptors (Lipinski definition) is 4. The summed E-state index contributed by atoms with van der Waals surface area (Å²) >= 11 is 0. The molecular weight excluding hydrogens is 356 g/mol. The molecule has 0 aromatic heterocycles. The van der Waals surface area contributed by atoms with Crippen LogP contribution in [0.15, 0.2) is 30.3 Å². The van der Waals surface area contributed by atoms with Gasteiger partial charge in [-0.15, -0.1) is 0 Å². The maximum absolute atomic E-state index is 12.6. The van der Waals surface area contributed by atoms with Gasteiger partial charge in [0.25, 0.3) is 10.2 Å². The normalized spacial score (nSPS) is 16.0. The summed E-state index contributed by atoms with van der Waals surface area (Å²) in [6, 6.07) is 9.17. The van der Waals surface area contributed by atoms with Crippen LogP contribution in [0, 0.1) is 0 Å². The number of carbonyl (C=O) groups excluding carboxylic acids is 1. The highest BCUT2D eigenvalue weighted by molar-refractivity contribution is 7.86. The van der Waals surface area contributed by atoms with E-state index in [1.54, 1.807) is 0 Å². The van der Waals surface area contributed by atoms with Gasteiger partial charge in [0, 0.05) is 53.0 Å². The van der Waals surface area contributed by atoms with Gasteiger partial charge in [-0.2, -0.15) is 17.0 Å². The van der Waals surface area contributed by atoms with Gasteiger partial charge >= 0.3 is 6.03 Å². The van der Waals surface area contributed by atoms with E-state index < -0.39 is 10.2 Å². The molecular formula is C17H28N4O4S. The Labute approximate surface area is 155 Å². The first-order valence-corrected chi connectivity index (χ1v) is 10.1. The standard InChI is InChI=1S/C17H28N4O4S/c1-20(2)26(23,24)21(16-8-12-25-13-9-16)11-10-18-17(22)19-14-15-6-4-3-5-7-15/h3-7,16H,8-14H2,1-2H3,(H2,18,19,22). The van der Waals surface area contributed by atoms with E-state index in [9.17, 15) is 13.2 Å². The largest absolute Gasteiger partial charge is 0.381 e. The van der Waals surface area contributed by atoms with E-state index in [-0.39, 0.29) is 25.2 Å². The first-order valence-electron chi connectivity index (χ1n) is 8.74. The molecule has 9 heteroatoms. The molecule has 2 amide bonds. The van der Waals surface area contributed by atoms with E-state index in [1.165, 1.54) is 22.7 Å². The monoisotopic (exact) mass is 384 g/mol. The fourth-order valence-corrected chi connectivity index (χ4v) is 4.12. The number of ether oxygens (including phenoxy) is 1. The third-order valence-electron chi connectivity index (χ3n) is 4.27. The van der Waals surface area contributed by atoms with E-state index in [4.69, 9.17) is 4.74 Å². The quantitative estimate of drug-likeness (QED) is 0.693. The van der Waals surface area contributed by atoms with Crippen molar-refractivity contribution in [1.29, 1.82) is 0 Å². The molecule has 0 unspecified atom stereocenters. The van der Waals surface area contributed by atoms with Gasteiger partial charge in [0.05, 0.1) is 0 Å². The molecule has 1 heterocycles. The number of nitrogens with one attached hydrogen (secondary N) is 2. The number of benzene rings is 1. The van der Waals surface area contributed by atoms with Gasteiger partial charge < -0.3 is 15.4 Å². The molecule has 0 radical (unpaired) electrons. The molecule has 1 saturated heterocycles. The molecule has 0 bridgehead atoms.